The number of nitrogens with zero attached hydrogens (tertiary/aromatic N) is 2. The number of benzene rings is 2. The van der Waals surface area contributed by atoms with Gasteiger partial charge in [-0.25, -0.2) is 10.0 Å². The molecule has 6 heteroatoms. The number of para-hydroxylation sites is 2. The number of aliphatic hydroxyl groups is 1. The zero-order chi connectivity index (χ0) is 21.2. The van der Waals surface area contributed by atoms with Gasteiger partial charge in [-0.2, -0.15) is 0 Å². The van der Waals surface area contributed by atoms with Crippen LogP contribution in [0.1, 0.15) is 33.6 Å². The van der Waals surface area contributed by atoms with Crippen LogP contribution in [0, 0.1) is 10.8 Å². The second-order valence-corrected chi connectivity index (χ2v) is 8.32. The lowest BCUT2D eigenvalue weighted by molar-refractivity contribution is -0.138. The van der Waals surface area contributed by atoms with Crippen LogP contribution in [0.25, 0.3) is 0 Å². The van der Waals surface area contributed by atoms with E-state index in [-0.39, 0.29) is 18.6 Å². The normalized spacial score (nSPS) is 16.4. The monoisotopic (exact) mass is 394 g/mol. The highest BCUT2D eigenvalue weighted by Gasteiger charge is 2.59. The summed E-state index contributed by atoms with van der Waals surface area (Å²) >= 11 is 0. The van der Waals surface area contributed by atoms with E-state index in [1.165, 1.54) is 10.0 Å². The van der Waals surface area contributed by atoms with E-state index >= 15 is 0 Å². The van der Waals surface area contributed by atoms with Gasteiger partial charge in [0.05, 0.1) is 18.0 Å². The fraction of sp³-hybridized carbons (Fsp3) is 0.348. The molecule has 1 heterocycles. The van der Waals surface area contributed by atoms with Gasteiger partial charge in [-0.3, -0.25) is 14.4 Å². The molecule has 0 saturated carbocycles. The maximum absolute atomic E-state index is 13.5. The van der Waals surface area contributed by atoms with Gasteiger partial charge >= 0.3 is 0 Å². The van der Waals surface area contributed by atoms with Gasteiger partial charge < -0.3 is 5.11 Å². The fourth-order valence-electron chi connectivity index (χ4n) is 3.41. The molecule has 2 aromatic carbocycles. The summed E-state index contributed by atoms with van der Waals surface area (Å²) in [4.78, 5) is 39.5. The third-order valence-corrected chi connectivity index (χ3v) is 5.29. The molecule has 0 bridgehead atoms. The van der Waals surface area contributed by atoms with Crippen molar-refractivity contribution >= 4 is 29.0 Å². The lowest BCUT2D eigenvalue weighted by Gasteiger charge is -2.27. The molecular formula is C23H26N2O4. The number of rotatable bonds is 6. The molecule has 0 unspecified atom stereocenters. The molecule has 29 heavy (non-hydrogen) atoms. The highest BCUT2D eigenvalue weighted by molar-refractivity contribution is 6.26. The predicted octanol–water partition coefficient (Wildman–Crippen LogP) is 3.36. The summed E-state index contributed by atoms with van der Waals surface area (Å²) in [6, 6.07) is 17.7. The second-order valence-electron chi connectivity index (χ2n) is 8.32. The van der Waals surface area contributed by atoms with Crippen molar-refractivity contribution in [2.75, 3.05) is 16.6 Å². The van der Waals surface area contributed by atoms with Gasteiger partial charge in [0.25, 0.3) is 11.8 Å². The Morgan fingerprint density at radius 3 is 1.62 bits per heavy atom. The van der Waals surface area contributed by atoms with Gasteiger partial charge in [-0.1, -0.05) is 57.2 Å². The molecule has 2 amide bonds. The number of aliphatic hydroxyl groups excluding tert-OH is 1. The molecule has 152 valence electrons. The van der Waals surface area contributed by atoms with Gasteiger partial charge in [0, 0.05) is 11.8 Å². The molecule has 1 N–H and O–H groups in total. The molecule has 0 aliphatic carbocycles. The predicted molar refractivity (Wildman–Crippen MR) is 111 cm³/mol. The number of carbonyl (C=O) groups is 3. The van der Waals surface area contributed by atoms with Crippen molar-refractivity contribution in [2.24, 2.45) is 10.8 Å². The molecule has 3 rings (SSSR count). The minimum absolute atomic E-state index is 0.0345. The lowest BCUT2D eigenvalue weighted by Crippen LogP contribution is -2.41. The van der Waals surface area contributed by atoms with Gasteiger partial charge in [-0.05, 0) is 30.7 Å². The summed E-state index contributed by atoms with van der Waals surface area (Å²) in [7, 11) is 0. The molecule has 6 nitrogen and oxygen atoms in total. The standard InChI is InChI=1S/C23H26N2O4/c1-22(2,3)19(27)14-15-23(16-26)20(28)24(17-10-6-4-7-11-17)25(21(23)29)18-12-8-5-9-13-18/h4-13,26H,14-16H2,1-3H3. The first-order valence-electron chi connectivity index (χ1n) is 9.66. The Bertz CT molecular complexity index is 846. The number of carbonyl (C=O) groups excluding carboxylic acids is 3. The molecule has 2 aromatic rings. The summed E-state index contributed by atoms with van der Waals surface area (Å²) in [6.45, 7) is 4.73. The minimum atomic E-state index is -1.69. The first-order chi connectivity index (χ1) is 13.7. The summed E-state index contributed by atoms with van der Waals surface area (Å²) in [5.74, 6) is -1.11. The highest BCUT2D eigenvalue weighted by atomic mass is 16.3. The Balaban J connectivity index is 2.05. The first-order valence-corrected chi connectivity index (χ1v) is 9.66. The van der Waals surface area contributed by atoms with Crippen LogP contribution in [0.2, 0.25) is 0 Å². The number of Topliss-reactive ketones (excluding diaryl/α,β-unsaturated/α-hetero) is 1. The summed E-state index contributed by atoms with van der Waals surface area (Å²) in [5, 5.41) is 12.8. The van der Waals surface area contributed by atoms with E-state index in [4.69, 9.17) is 0 Å². The zero-order valence-electron chi connectivity index (χ0n) is 17.0. The number of hydrogen-bond acceptors (Lipinski definition) is 4. The molecular weight excluding hydrogens is 368 g/mol. The second kappa shape index (κ2) is 7.79. The average Bonchev–Trinajstić information content (AvgIpc) is 2.94. The van der Waals surface area contributed by atoms with Crippen LogP contribution in [0.5, 0.6) is 0 Å². The van der Waals surface area contributed by atoms with Crippen LogP contribution in [0.4, 0.5) is 11.4 Å². The summed E-state index contributed by atoms with van der Waals surface area (Å²) in [6.07, 6.45) is -0.00324. The van der Waals surface area contributed by atoms with Gasteiger partial charge in [0.15, 0.2) is 5.41 Å². The first kappa shape index (κ1) is 20.7. The third-order valence-electron chi connectivity index (χ3n) is 5.29. The maximum atomic E-state index is 13.5. The molecule has 0 radical (unpaired) electrons. The molecule has 1 aliphatic heterocycles. The number of amides is 2. The zero-order valence-corrected chi connectivity index (χ0v) is 17.0. The summed E-state index contributed by atoms with van der Waals surface area (Å²) in [5.41, 5.74) is -1.23. The van der Waals surface area contributed by atoms with Crippen molar-refractivity contribution < 1.29 is 19.5 Å². The molecule has 0 spiro atoms. The Labute approximate surface area is 170 Å². The number of hydrazine groups is 1. The Morgan fingerprint density at radius 2 is 1.28 bits per heavy atom. The van der Waals surface area contributed by atoms with Gasteiger partial charge in [0.1, 0.15) is 5.78 Å². The van der Waals surface area contributed by atoms with Crippen LogP contribution in [0.15, 0.2) is 60.7 Å². The van der Waals surface area contributed by atoms with E-state index in [0.717, 1.165) is 0 Å². The maximum Gasteiger partial charge on any atom is 0.264 e. The van der Waals surface area contributed by atoms with E-state index in [1.807, 2.05) is 12.1 Å². The van der Waals surface area contributed by atoms with E-state index < -0.39 is 29.3 Å². The molecule has 0 aromatic heterocycles. The van der Waals surface area contributed by atoms with Crippen molar-refractivity contribution in [1.29, 1.82) is 0 Å². The topological polar surface area (TPSA) is 77.9 Å². The number of ketones is 1. The SMILES string of the molecule is CC(C)(C)C(=O)CCC1(CO)C(=O)N(c2ccccc2)N(c2ccccc2)C1=O. The largest absolute Gasteiger partial charge is 0.395 e. The van der Waals surface area contributed by atoms with Gasteiger partial charge in [-0.15, -0.1) is 0 Å². The van der Waals surface area contributed by atoms with Gasteiger partial charge in [0.2, 0.25) is 0 Å². The van der Waals surface area contributed by atoms with E-state index in [2.05, 4.69) is 0 Å². The highest BCUT2D eigenvalue weighted by Crippen LogP contribution is 2.41. The molecule has 1 aliphatic rings. The lowest BCUT2D eigenvalue weighted by atomic mass is 9.79. The quantitative estimate of drug-likeness (QED) is 0.762. The summed E-state index contributed by atoms with van der Waals surface area (Å²) < 4.78 is 0. The molecule has 1 saturated heterocycles. The third kappa shape index (κ3) is 3.68. The Hall–Kier alpha value is -2.99. The van der Waals surface area contributed by atoms with Crippen molar-refractivity contribution in [3.8, 4) is 0 Å². The van der Waals surface area contributed by atoms with Crippen LogP contribution in [0.3, 0.4) is 0 Å². The van der Waals surface area contributed by atoms with E-state index in [9.17, 15) is 19.5 Å². The Kier molecular flexibility index (Phi) is 5.57. The number of anilines is 2. The van der Waals surface area contributed by atoms with Crippen LogP contribution < -0.4 is 10.0 Å². The average molecular weight is 394 g/mol. The van der Waals surface area contributed by atoms with Crippen LogP contribution >= 0.6 is 0 Å². The molecule has 0 atom stereocenters. The van der Waals surface area contributed by atoms with E-state index in [1.54, 1.807) is 69.3 Å². The smallest absolute Gasteiger partial charge is 0.264 e. The van der Waals surface area contributed by atoms with Crippen molar-refractivity contribution in [3.05, 3.63) is 60.7 Å². The van der Waals surface area contributed by atoms with Crippen molar-refractivity contribution in [3.63, 3.8) is 0 Å². The van der Waals surface area contributed by atoms with Crippen LogP contribution in [-0.4, -0.2) is 29.3 Å². The van der Waals surface area contributed by atoms with Crippen molar-refractivity contribution in [2.45, 2.75) is 33.6 Å². The minimum Gasteiger partial charge on any atom is -0.395 e. The fourth-order valence-corrected chi connectivity index (χ4v) is 3.41. The van der Waals surface area contributed by atoms with Crippen LogP contribution in [-0.2, 0) is 14.4 Å². The van der Waals surface area contributed by atoms with E-state index in [0.29, 0.717) is 11.4 Å². The Morgan fingerprint density at radius 1 is 0.862 bits per heavy atom. The van der Waals surface area contributed by atoms with Crippen molar-refractivity contribution in [1.82, 2.24) is 0 Å². The number of hydrogen-bond donors (Lipinski definition) is 1. The molecule has 1 fully saturated rings.